The summed E-state index contributed by atoms with van der Waals surface area (Å²) in [6, 6.07) is 32.1. The van der Waals surface area contributed by atoms with E-state index in [1.165, 1.54) is 16.7 Å². The molecule has 2 heterocycles. The molecule has 1 aliphatic rings. The van der Waals surface area contributed by atoms with Crippen LogP contribution >= 0.6 is 0 Å². The normalized spacial score (nSPS) is 20.1. The van der Waals surface area contributed by atoms with Crippen molar-refractivity contribution in [2.75, 3.05) is 13.2 Å². The Labute approximate surface area is 188 Å². The van der Waals surface area contributed by atoms with Gasteiger partial charge in [0.25, 0.3) is 0 Å². The summed E-state index contributed by atoms with van der Waals surface area (Å²) in [4.78, 5) is 6.99. The molecule has 0 aliphatic carbocycles. The van der Waals surface area contributed by atoms with E-state index in [0.717, 1.165) is 0 Å². The minimum absolute atomic E-state index is 0.00423. The third-order valence-corrected chi connectivity index (χ3v) is 6.12. The third kappa shape index (κ3) is 3.48. The Kier molecular flexibility index (Phi) is 5.71. The molecule has 32 heavy (non-hydrogen) atoms. The zero-order valence-corrected chi connectivity index (χ0v) is 17.9. The Morgan fingerprint density at radius 3 is 1.84 bits per heavy atom. The molecule has 4 aromatic rings. The molecule has 0 amide bonds. The monoisotopic (exact) mass is 422 g/mol. The summed E-state index contributed by atoms with van der Waals surface area (Å²) in [6.45, 7) is 4.86. The van der Waals surface area contributed by atoms with Gasteiger partial charge in [0.2, 0.25) is 5.89 Å². The first kappa shape index (κ1) is 20.4. The van der Waals surface area contributed by atoms with Crippen LogP contribution < -0.4 is 0 Å². The van der Waals surface area contributed by atoms with E-state index in [1.54, 1.807) is 18.5 Å². The van der Waals surface area contributed by atoms with Crippen molar-refractivity contribution in [1.29, 1.82) is 0 Å². The summed E-state index contributed by atoms with van der Waals surface area (Å²) in [5.74, 6) is 0.712. The molecule has 0 N–H and O–H groups in total. The summed E-state index contributed by atoms with van der Waals surface area (Å²) in [6.07, 6.45) is 5.14. The summed E-state index contributed by atoms with van der Waals surface area (Å²) in [7, 11) is 0. The molecule has 3 aromatic carbocycles. The van der Waals surface area contributed by atoms with Crippen LogP contribution in [0.15, 0.2) is 121 Å². The number of hydrogen-bond donors (Lipinski definition) is 0. The topological polar surface area (TPSA) is 38.3 Å². The predicted octanol–water partition coefficient (Wildman–Crippen LogP) is 5.59. The van der Waals surface area contributed by atoms with Crippen LogP contribution in [0, 0.1) is 0 Å². The van der Waals surface area contributed by atoms with E-state index in [1.807, 2.05) is 0 Å². The van der Waals surface area contributed by atoms with Crippen molar-refractivity contribution >= 4 is 0 Å². The molecule has 1 aromatic heterocycles. The highest BCUT2D eigenvalue weighted by atomic mass is 16.5. The number of nitrogens with zero attached hydrogens (tertiary/aromatic N) is 2. The van der Waals surface area contributed by atoms with E-state index in [0.29, 0.717) is 19.1 Å². The molecule has 1 saturated heterocycles. The number of rotatable bonds is 9. The van der Waals surface area contributed by atoms with Gasteiger partial charge in [-0.1, -0.05) is 97.1 Å². The van der Waals surface area contributed by atoms with Gasteiger partial charge < -0.3 is 9.15 Å². The Morgan fingerprint density at radius 1 is 0.875 bits per heavy atom. The van der Waals surface area contributed by atoms with E-state index >= 15 is 0 Å². The van der Waals surface area contributed by atoms with E-state index in [4.69, 9.17) is 9.15 Å². The Morgan fingerprint density at radius 2 is 1.41 bits per heavy atom. The van der Waals surface area contributed by atoms with E-state index in [9.17, 15) is 0 Å². The van der Waals surface area contributed by atoms with Gasteiger partial charge in [-0.05, 0) is 16.7 Å². The third-order valence-electron chi connectivity index (χ3n) is 6.12. The van der Waals surface area contributed by atoms with Crippen LogP contribution in [-0.4, -0.2) is 29.1 Å². The number of benzene rings is 3. The second kappa shape index (κ2) is 8.95. The molecular formula is C28H26N2O2. The van der Waals surface area contributed by atoms with Gasteiger partial charge in [-0.2, -0.15) is 0 Å². The Hall–Kier alpha value is -3.47. The maximum atomic E-state index is 5.94. The predicted molar refractivity (Wildman–Crippen MR) is 125 cm³/mol. The fourth-order valence-electron chi connectivity index (χ4n) is 4.83. The Bertz CT molecular complexity index is 1030. The van der Waals surface area contributed by atoms with Gasteiger partial charge in [0, 0.05) is 0 Å². The summed E-state index contributed by atoms with van der Waals surface area (Å²) in [5, 5.41) is 0. The van der Waals surface area contributed by atoms with Crippen molar-refractivity contribution in [3.05, 3.63) is 139 Å². The van der Waals surface area contributed by atoms with Crippen molar-refractivity contribution in [2.24, 2.45) is 0 Å². The highest BCUT2D eigenvalue weighted by Crippen LogP contribution is 2.57. The summed E-state index contributed by atoms with van der Waals surface area (Å²) < 4.78 is 11.7. The summed E-state index contributed by atoms with van der Waals surface area (Å²) in [5.41, 5.74) is 3.06. The number of aromatic nitrogens is 1. The molecule has 1 unspecified atom stereocenters. The van der Waals surface area contributed by atoms with Crippen LogP contribution in [0.2, 0.25) is 0 Å². The Balaban J connectivity index is 1.73. The van der Waals surface area contributed by atoms with Crippen LogP contribution in [0.4, 0.5) is 0 Å². The van der Waals surface area contributed by atoms with Crippen molar-refractivity contribution in [3.63, 3.8) is 0 Å². The van der Waals surface area contributed by atoms with Crippen LogP contribution in [0.3, 0.4) is 0 Å². The molecule has 160 valence electrons. The fourth-order valence-corrected chi connectivity index (χ4v) is 4.83. The quantitative estimate of drug-likeness (QED) is 0.152. The lowest BCUT2D eigenvalue weighted by Crippen LogP contribution is -2.39. The zero-order chi connectivity index (χ0) is 21.8. The van der Waals surface area contributed by atoms with Gasteiger partial charge in [0.15, 0.2) is 0 Å². The molecule has 0 bridgehead atoms. The average Bonchev–Trinajstić information content (AvgIpc) is 3.30. The van der Waals surface area contributed by atoms with Gasteiger partial charge in [-0.15, -0.1) is 6.58 Å². The first-order valence-corrected chi connectivity index (χ1v) is 10.9. The molecule has 0 spiro atoms. The summed E-state index contributed by atoms with van der Waals surface area (Å²) >= 11 is 0. The molecule has 4 heteroatoms. The second-order valence-corrected chi connectivity index (χ2v) is 7.92. The van der Waals surface area contributed by atoms with Crippen molar-refractivity contribution in [2.45, 2.75) is 17.6 Å². The zero-order valence-electron chi connectivity index (χ0n) is 17.9. The lowest BCUT2D eigenvalue weighted by molar-refractivity contribution is 0.144. The maximum absolute atomic E-state index is 5.94. The fraction of sp³-hybridized carbons (Fsp3) is 0.179. The molecule has 1 fully saturated rings. The lowest BCUT2D eigenvalue weighted by Gasteiger charge is -2.38. The largest absolute Gasteiger partial charge is 0.447 e. The SMILES string of the molecule is C=CCOC[C@H]1[C@@H](c2ncco2)N1C(c1ccccc1)(c1ccccc1)c1ccccc1. The molecule has 4 nitrogen and oxygen atoms in total. The van der Waals surface area contributed by atoms with Crippen LogP contribution in [0.5, 0.6) is 0 Å². The van der Waals surface area contributed by atoms with Crippen molar-refractivity contribution in [1.82, 2.24) is 9.88 Å². The first-order chi connectivity index (χ1) is 15.9. The molecular weight excluding hydrogens is 396 g/mol. The van der Waals surface area contributed by atoms with Crippen LogP contribution in [-0.2, 0) is 10.3 Å². The van der Waals surface area contributed by atoms with Crippen molar-refractivity contribution < 1.29 is 9.15 Å². The molecule has 0 saturated carbocycles. The standard InChI is InChI=1S/C28H26N2O2/c1-2-19-31-21-25-26(27-29-18-20-32-27)30(25)28(22-12-6-3-7-13-22,23-14-8-4-9-15-23)24-16-10-5-11-17-24/h2-18,20,25-26H,1,19,21H2/t25-,26-,30?/m0/s1. The molecule has 0 radical (unpaired) electrons. The van der Waals surface area contributed by atoms with Gasteiger partial charge in [-0.3, -0.25) is 4.90 Å². The smallest absolute Gasteiger partial charge is 0.213 e. The lowest BCUT2D eigenvalue weighted by atomic mass is 9.76. The average molecular weight is 423 g/mol. The molecule has 3 atom stereocenters. The molecule has 1 aliphatic heterocycles. The number of ether oxygens (including phenoxy) is 1. The molecule has 5 rings (SSSR count). The van der Waals surface area contributed by atoms with Crippen molar-refractivity contribution in [3.8, 4) is 0 Å². The van der Waals surface area contributed by atoms with Crippen LogP contribution in [0.1, 0.15) is 28.6 Å². The van der Waals surface area contributed by atoms with Gasteiger partial charge in [0.05, 0.1) is 31.0 Å². The number of hydrogen-bond acceptors (Lipinski definition) is 4. The van der Waals surface area contributed by atoms with Crippen LogP contribution in [0.25, 0.3) is 0 Å². The maximum Gasteiger partial charge on any atom is 0.213 e. The van der Waals surface area contributed by atoms with Gasteiger partial charge in [0.1, 0.15) is 12.3 Å². The van der Waals surface area contributed by atoms with E-state index < -0.39 is 5.54 Å². The minimum Gasteiger partial charge on any atom is -0.447 e. The highest BCUT2D eigenvalue weighted by molar-refractivity contribution is 5.52. The van der Waals surface area contributed by atoms with Gasteiger partial charge in [-0.25, -0.2) is 4.98 Å². The van der Waals surface area contributed by atoms with E-state index in [-0.39, 0.29) is 12.1 Å². The highest BCUT2D eigenvalue weighted by Gasteiger charge is 2.62. The van der Waals surface area contributed by atoms with E-state index in [2.05, 4.69) is 107 Å². The van der Waals surface area contributed by atoms with Gasteiger partial charge >= 0.3 is 0 Å². The number of oxazole rings is 1. The minimum atomic E-state index is -0.523. The second-order valence-electron chi connectivity index (χ2n) is 7.92. The first-order valence-electron chi connectivity index (χ1n) is 10.9.